The van der Waals surface area contributed by atoms with E-state index in [1.165, 1.54) is 24.8 Å². The van der Waals surface area contributed by atoms with Crippen molar-refractivity contribution in [1.29, 1.82) is 0 Å². The molecule has 1 aromatic heterocycles. The standard InChI is InChI=1S/C22H29N3O2/c1-15-10-13-20(16(2)14-15)27-22-19(12-11-17(3)23-22)21(24-26)25(4)18-8-6-5-7-9-18/h10-14,18,26H,5-9H2,1-4H3/b24-21-. The highest BCUT2D eigenvalue weighted by Crippen LogP contribution is 2.30. The maximum absolute atomic E-state index is 9.79. The molecule has 0 bridgehead atoms. The highest BCUT2D eigenvalue weighted by Gasteiger charge is 2.25. The molecule has 0 unspecified atom stereocenters. The Morgan fingerprint density at radius 2 is 1.85 bits per heavy atom. The molecule has 0 atom stereocenters. The second-order valence-electron chi connectivity index (χ2n) is 7.50. The van der Waals surface area contributed by atoms with E-state index >= 15 is 0 Å². The molecule has 1 fully saturated rings. The summed E-state index contributed by atoms with van der Waals surface area (Å²) in [5, 5.41) is 13.4. The number of aromatic nitrogens is 1. The Morgan fingerprint density at radius 1 is 1.11 bits per heavy atom. The summed E-state index contributed by atoms with van der Waals surface area (Å²) in [7, 11) is 1.99. The van der Waals surface area contributed by atoms with Crippen LogP contribution in [0.3, 0.4) is 0 Å². The van der Waals surface area contributed by atoms with Crippen molar-refractivity contribution in [3.63, 3.8) is 0 Å². The third-order valence-corrected chi connectivity index (χ3v) is 5.33. The number of ether oxygens (including phenoxy) is 1. The minimum atomic E-state index is 0.375. The van der Waals surface area contributed by atoms with Crippen LogP contribution in [-0.4, -0.2) is 34.0 Å². The lowest BCUT2D eigenvalue weighted by Gasteiger charge is -2.33. The van der Waals surface area contributed by atoms with Crippen LogP contribution in [-0.2, 0) is 0 Å². The summed E-state index contributed by atoms with van der Waals surface area (Å²) >= 11 is 0. The molecule has 1 aromatic carbocycles. The van der Waals surface area contributed by atoms with Crippen molar-refractivity contribution in [1.82, 2.24) is 9.88 Å². The van der Waals surface area contributed by atoms with Gasteiger partial charge in [-0.3, -0.25) is 0 Å². The van der Waals surface area contributed by atoms with Crippen LogP contribution in [0.25, 0.3) is 0 Å². The zero-order valence-electron chi connectivity index (χ0n) is 16.7. The van der Waals surface area contributed by atoms with Crippen molar-refractivity contribution in [3.8, 4) is 11.6 Å². The SMILES string of the molecule is Cc1ccc(Oc2nc(C)ccc2/C(=N/O)N(C)C2CCCCC2)c(C)c1. The van der Waals surface area contributed by atoms with Crippen LogP contribution >= 0.6 is 0 Å². The highest BCUT2D eigenvalue weighted by atomic mass is 16.5. The van der Waals surface area contributed by atoms with Gasteiger partial charge in [-0.25, -0.2) is 4.98 Å². The predicted octanol–water partition coefficient (Wildman–Crippen LogP) is 5.20. The van der Waals surface area contributed by atoms with Crippen LogP contribution < -0.4 is 4.74 Å². The zero-order chi connectivity index (χ0) is 19.4. The lowest BCUT2D eigenvalue weighted by molar-refractivity contribution is 0.256. The van der Waals surface area contributed by atoms with Gasteiger partial charge in [0.25, 0.3) is 0 Å². The van der Waals surface area contributed by atoms with Gasteiger partial charge in [0.05, 0.1) is 5.56 Å². The number of benzene rings is 1. The minimum Gasteiger partial charge on any atom is -0.438 e. The number of hydrogen-bond acceptors (Lipinski definition) is 4. The molecular weight excluding hydrogens is 338 g/mol. The Balaban J connectivity index is 1.94. The third kappa shape index (κ3) is 4.41. The van der Waals surface area contributed by atoms with Crippen LogP contribution in [0.4, 0.5) is 0 Å². The molecule has 1 N–H and O–H groups in total. The molecule has 27 heavy (non-hydrogen) atoms. The Hall–Kier alpha value is -2.56. The number of rotatable bonds is 4. The zero-order valence-corrected chi connectivity index (χ0v) is 16.7. The van der Waals surface area contributed by atoms with Gasteiger partial charge in [-0.1, -0.05) is 42.1 Å². The summed E-state index contributed by atoms with van der Waals surface area (Å²) in [5.74, 6) is 1.74. The van der Waals surface area contributed by atoms with Gasteiger partial charge < -0.3 is 14.8 Å². The molecule has 3 rings (SSSR count). The highest BCUT2D eigenvalue weighted by molar-refractivity contribution is 6.00. The van der Waals surface area contributed by atoms with Crippen LogP contribution in [0, 0.1) is 20.8 Å². The molecule has 5 nitrogen and oxygen atoms in total. The molecule has 0 amide bonds. The average molecular weight is 367 g/mol. The van der Waals surface area contributed by atoms with Crippen LogP contribution in [0.15, 0.2) is 35.5 Å². The number of hydrogen-bond donors (Lipinski definition) is 1. The van der Waals surface area contributed by atoms with Gasteiger partial charge in [-0.2, -0.15) is 0 Å². The summed E-state index contributed by atoms with van der Waals surface area (Å²) in [5.41, 5.74) is 3.80. The number of amidine groups is 1. The third-order valence-electron chi connectivity index (χ3n) is 5.33. The number of aryl methyl sites for hydroxylation is 3. The van der Waals surface area contributed by atoms with Crippen LogP contribution in [0.5, 0.6) is 11.6 Å². The van der Waals surface area contributed by atoms with E-state index in [0.717, 1.165) is 29.8 Å². The van der Waals surface area contributed by atoms with Crippen molar-refractivity contribution in [2.75, 3.05) is 7.05 Å². The first kappa shape index (κ1) is 19.2. The Labute approximate surface area is 161 Å². The molecule has 1 aliphatic rings. The first-order valence-electron chi connectivity index (χ1n) is 9.67. The van der Waals surface area contributed by atoms with E-state index in [9.17, 15) is 5.21 Å². The van der Waals surface area contributed by atoms with E-state index in [-0.39, 0.29) is 0 Å². The van der Waals surface area contributed by atoms with Gasteiger partial charge in [0, 0.05) is 18.8 Å². The molecule has 144 valence electrons. The first-order valence-corrected chi connectivity index (χ1v) is 9.67. The summed E-state index contributed by atoms with van der Waals surface area (Å²) < 4.78 is 6.17. The normalized spacial score (nSPS) is 15.6. The molecule has 1 aliphatic carbocycles. The fraction of sp³-hybridized carbons (Fsp3) is 0.455. The maximum Gasteiger partial charge on any atom is 0.230 e. The fourth-order valence-electron chi connectivity index (χ4n) is 3.75. The second kappa shape index (κ2) is 8.42. The van der Waals surface area contributed by atoms with Crippen molar-refractivity contribution >= 4 is 5.84 Å². The molecule has 0 radical (unpaired) electrons. The Morgan fingerprint density at radius 3 is 2.52 bits per heavy atom. The summed E-state index contributed by atoms with van der Waals surface area (Å²) in [4.78, 5) is 6.66. The largest absolute Gasteiger partial charge is 0.438 e. The fourth-order valence-corrected chi connectivity index (χ4v) is 3.75. The van der Waals surface area contributed by atoms with Crippen molar-refractivity contribution in [2.24, 2.45) is 5.16 Å². The molecule has 5 heteroatoms. The number of pyridine rings is 1. The summed E-state index contributed by atoms with van der Waals surface area (Å²) in [6.45, 7) is 6.01. The van der Waals surface area contributed by atoms with E-state index in [1.54, 1.807) is 0 Å². The van der Waals surface area contributed by atoms with E-state index < -0.39 is 0 Å². The first-order chi connectivity index (χ1) is 13.0. The minimum absolute atomic E-state index is 0.375. The average Bonchev–Trinajstić information content (AvgIpc) is 2.66. The van der Waals surface area contributed by atoms with Crippen LogP contribution in [0.1, 0.15) is 54.5 Å². The quantitative estimate of drug-likeness (QED) is 0.349. The second-order valence-corrected chi connectivity index (χ2v) is 7.50. The lowest BCUT2D eigenvalue weighted by Crippen LogP contribution is -2.39. The monoisotopic (exact) mass is 367 g/mol. The molecule has 1 saturated carbocycles. The molecule has 0 aliphatic heterocycles. The van der Waals surface area contributed by atoms with Gasteiger partial charge in [0.2, 0.25) is 5.88 Å². The topological polar surface area (TPSA) is 58.0 Å². The lowest BCUT2D eigenvalue weighted by atomic mass is 9.94. The van der Waals surface area contributed by atoms with Gasteiger partial charge in [0.15, 0.2) is 5.84 Å². The van der Waals surface area contributed by atoms with Gasteiger partial charge in [-0.15, -0.1) is 0 Å². The van der Waals surface area contributed by atoms with Crippen molar-refractivity contribution in [2.45, 2.75) is 58.9 Å². The number of nitrogens with zero attached hydrogens (tertiary/aromatic N) is 3. The Bertz CT molecular complexity index is 826. The van der Waals surface area contributed by atoms with E-state index in [0.29, 0.717) is 23.3 Å². The molecule has 1 heterocycles. The summed E-state index contributed by atoms with van der Waals surface area (Å²) in [6.07, 6.45) is 5.94. The van der Waals surface area contributed by atoms with Crippen molar-refractivity contribution in [3.05, 3.63) is 52.7 Å². The molecule has 2 aromatic rings. The van der Waals surface area contributed by atoms with Gasteiger partial charge >= 0.3 is 0 Å². The molecular formula is C22H29N3O2. The Kier molecular flexibility index (Phi) is 5.99. The van der Waals surface area contributed by atoms with Crippen molar-refractivity contribution < 1.29 is 9.94 Å². The predicted molar refractivity (Wildman–Crippen MR) is 108 cm³/mol. The smallest absolute Gasteiger partial charge is 0.230 e. The van der Waals surface area contributed by atoms with E-state index in [2.05, 4.69) is 28.0 Å². The van der Waals surface area contributed by atoms with E-state index in [1.807, 2.05) is 45.2 Å². The van der Waals surface area contributed by atoms with Gasteiger partial charge in [0.1, 0.15) is 5.75 Å². The van der Waals surface area contributed by atoms with E-state index in [4.69, 9.17) is 4.74 Å². The number of oxime groups is 1. The van der Waals surface area contributed by atoms with Crippen LogP contribution in [0.2, 0.25) is 0 Å². The maximum atomic E-state index is 9.79. The summed E-state index contributed by atoms with van der Waals surface area (Å²) in [6, 6.07) is 10.3. The molecule has 0 saturated heterocycles. The molecule has 0 spiro atoms. The van der Waals surface area contributed by atoms with Gasteiger partial charge in [-0.05, 0) is 57.4 Å².